The Labute approximate surface area is 184 Å². The maximum Gasteiger partial charge on any atom is 0.191 e. The maximum absolute atomic E-state index is 5.48. The van der Waals surface area contributed by atoms with Gasteiger partial charge >= 0.3 is 0 Å². The topological polar surface area (TPSA) is 66.7 Å². The van der Waals surface area contributed by atoms with Crippen molar-refractivity contribution in [3.63, 3.8) is 0 Å². The lowest BCUT2D eigenvalue weighted by molar-refractivity contribution is 0.122. The molecular formula is C24H32N6O. The molecule has 0 aliphatic carbocycles. The molecule has 1 fully saturated rings. The summed E-state index contributed by atoms with van der Waals surface area (Å²) in [6.07, 6.45) is 5.04. The lowest BCUT2D eigenvalue weighted by Gasteiger charge is -2.29. The summed E-state index contributed by atoms with van der Waals surface area (Å²) in [4.78, 5) is 11.7. The van der Waals surface area contributed by atoms with Gasteiger partial charge in [0.25, 0.3) is 0 Å². The number of guanidine groups is 1. The predicted molar refractivity (Wildman–Crippen MR) is 127 cm³/mol. The number of aromatic nitrogens is 2. The summed E-state index contributed by atoms with van der Waals surface area (Å²) in [5.74, 6) is 1.86. The molecule has 1 aliphatic rings. The van der Waals surface area contributed by atoms with Gasteiger partial charge in [-0.3, -0.25) is 0 Å². The van der Waals surface area contributed by atoms with Crippen molar-refractivity contribution in [2.75, 3.05) is 44.3 Å². The van der Waals surface area contributed by atoms with Crippen molar-refractivity contribution >= 4 is 22.7 Å². The number of hydrogen-bond acceptors (Lipinski definition) is 4. The molecule has 2 aromatic heterocycles. The first-order chi connectivity index (χ1) is 15.3. The molecule has 7 heteroatoms. The smallest absolute Gasteiger partial charge is 0.191 e. The van der Waals surface area contributed by atoms with E-state index in [2.05, 4.69) is 74.6 Å². The molecule has 3 aromatic rings. The van der Waals surface area contributed by atoms with Crippen LogP contribution in [0.1, 0.15) is 18.9 Å². The lowest BCUT2D eigenvalue weighted by atomic mass is 10.2. The van der Waals surface area contributed by atoms with E-state index in [1.165, 1.54) is 10.9 Å². The molecule has 0 bridgehead atoms. The summed E-state index contributed by atoms with van der Waals surface area (Å²) in [6, 6.07) is 14.8. The van der Waals surface area contributed by atoms with Crippen molar-refractivity contribution < 1.29 is 4.74 Å². The highest BCUT2D eigenvalue weighted by Crippen LogP contribution is 2.19. The molecule has 2 N–H and O–H groups in total. The Bertz CT molecular complexity index is 992. The Hall–Kier alpha value is -3.06. The van der Waals surface area contributed by atoms with Crippen molar-refractivity contribution in [2.24, 2.45) is 4.99 Å². The molecule has 0 amide bonds. The number of anilines is 1. The third-order valence-corrected chi connectivity index (χ3v) is 5.48. The van der Waals surface area contributed by atoms with Crippen LogP contribution < -0.4 is 15.5 Å². The first-order valence-corrected chi connectivity index (χ1v) is 11.2. The highest BCUT2D eigenvalue weighted by Gasteiger charge is 2.15. The molecule has 164 valence electrons. The zero-order valence-electron chi connectivity index (χ0n) is 18.3. The summed E-state index contributed by atoms with van der Waals surface area (Å²) in [5.41, 5.74) is 2.43. The second-order valence-electron chi connectivity index (χ2n) is 7.63. The van der Waals surface area contributed by atoms with Gasteiger partial charge in [-0.05, 0) is 36.9 Å². The molecule has 1 aromatic carbocycles. The SMILES string of the molecule is CCNC(=NCc1cccnc1N1CCOCC1)NCCCn1ccc2ccccc21. The quantitative estimate of drug-likeness (QED) is 0.333. The number of rotatable bonds is 8. The number of hydrogen-bond donors (Lipinski definition) is 2. The van der Waals surface area contributed by atoms with Crippen molar-refractivity contribution in [3.8, 4) is 0 Å². The van der Waals surface area contributed by atoms with E-state index >= 15 is 0 Å². The van der Waals surface area contributed by atoms with Gasteiger partial charge in [0.15, 0.2) is 5.96 Å². The largest absolute Gasteiger partial charge is 0.378 e. The van der Waals surface area contributed by atoms with Crippen LogP contribution in [0.5, 0.6) is 0 Å². The molecule has 0 unspecified atom stereocenters. The molecule has 4 rings (SSSR count). The number of nitrogens with one attached hydrogen (secondary N) is 2. The normalized spacial score (nSPS) is 14.7. The highest BCUT2D eigenvalue weighted by atomic mass is 16.5. The number of morpholine rings is 1. The van der Waals surface area contributed by atoms with E-state index < -0.39 is 0 Å². The first kappa shape index (κ1) is 21.2. The zero-order chi connectivity index (χ0) is 21.3. The van der Waals surface area contributed by atoms with Gasteiger partial charge in [0.05, 0.1) is 19.8 Å². The maximum atomic E-state index is 5.48. The summed E-state index contributed by atoms with van der Waals surface area (Å²) >= 11 is 0. The molecule has 31 heavy (non-hydrogen) atoms. The molecule has 0 spiro atoms. The Morgan fingerprint density at radius 2 is 1.97 bits per heavy atom. The lowest BCUT2D eigenvalue weighted by Crippen LogP contribution is -2.38. The Kier molecular flexibility index (Phi) is 7.39. The third-order valence-electron chi connectivity index (χ3n) is 5.48. The number of ether oxygens (including phenoxy) is 1. The van der Waals surface area contributed by atoms with E-state index in [-0.39, 0.29) is 0 Å². The molecule has 3 heterocycles. The van der Waals surface area contributed by atoms with Gasteiger partial charge in [-0.2, -0.15) is 0 Å². The van der Waals surface area contributed by atoms with Crippen LogP contribution in [0.4, 0.5) is 5.82 Å². The van der Waals surface area contributed by atoms with E-state index in [9.17, 15) is 0 Å². The van der Waals surface area contributed by atoms with Crippen LogP contribution in [0.25, 0.3) is 10.9 Å². The van der Waals surface area contributed by atoms with Crippen LogP contribution >= 0.6 is 0 Å². The third kappa shape index (κ3) is 5.55. The van der Waals surface area contributed by atoms with E-state index in [1.54, 1.807) is 0 Å². The molecule has 1 saturated heterocycles. The van der Waals surface area contributed by atoms with Crippen LogP contribution in [0.15, 0.2) is 59.9 Å². The zero-order valence-corrected chi connectivity index (χ0v) is 18.3. The van der Waals surface area contributed by atoms with Gasteiger partial charge in [-0.1, -0.05) is 24.3 Å². The minimum absolute atomic E-state index is 0.595. The molecule has 7 nitrogen and oxygen atoms in total. The summed E-state index contributed by atoms with van der Waals surface area (Å²) in [7, 11) is 0. The molecule has 0 saturated carbocycles. The van der Waals surface area contributed by atoms with Crippen LogP contribution in [0, 0.1) is 0 Å². The van der Waals surface area contributed by atoms with Gasteiger partial charge in [0.1, 0.15) is 5.82 Å². The van der Waals surface area contributed by atoms with Gasteiger partial charge in [0.2, 0.25) is 0 Å². The Morgan fingerprint density at radius 1 is 1.10 bits per heavy atom. The first-order valence-electron chi connectivity index (χ1n) is 11.2. The van der Waals surface area contributed by atoms with E-state index in [0.29, 0.717) is 6.54 Å². The molecule has 0 atom stereocenters. The van der Waals surface area contributed by atoms with Crippen molar-refractivity contribution in [1.82, 2.24) is 20.2 Å². The second-order valence-corrected chi connectivity index (χ2v) is 7.63. The standard InChI is InChI=1S/C24H32N6O/c1-2-25-24(27-12-6-13-29-14-10-20-7-3-4-9-22(20)29)28-19-21-8-5-11-26-23(21)30-15-17-31-18-16-30/h3-5,7-11,14H,2,6,12-13,15-19H2,1H3,(H2,25,27,28). The van der Waals surface area contributed by atoms with E-state index in [4.69, 9.17) is 9.73 Å². The number of aryl methyl sites for hydroxylation is 1. The van der Waals surface area contributed by atoms with Gasteiger partial charge < -0.3 is 24.8 Å². The minimum Gasteiger partial charge on any atom is -0.378 e. The predicted octanol–water partition coefficient (Wildman–Crippen LogP) is 3.02. The molecule has 1 aliphatic heterocycles. The molecule has 0 radical (unpaired) electrons. The number of fused-ring (bicyclic) bond motifs is 1. The average Bonchev–Trinajstić information content (AvgIpc) is 3.24. The molecular weight excluding hydrogens is 388 g/mol. The summed E-state index contributed by atoms with van der Waals surface area (Å²) in [6.45, 7) is 8.61. The fourth-order valence-electron chi connectivity index (χ4n) is 3.91. The minimum atomic E-state index is 0.595. The summed E-state index contributed by atoms with van der Waals surface area (Å²) < 4.78 is 7.79. The fraction of sp³-hybridized carbons (Fsp3) is 0.417. The van der Waals surface area contributed by atoms with Gasteiger partial charge in [-0.25, -0.2) is 9.98 Å². The highest BCUT2D eigenvalue weighted by molar-refractivity contribution is 5.80. The van der Waals surface area contributed by atoms with Gasteiger partial charge in [-0.15, -0.1) is 0 Å². The van der Waals surface area contributed by atoms with E-state index in [0.717, 1.165) is 69.7 Å². The van der Waals surface area contributed by atoms with Crippen LogP contribution in [0.3, 0.4) is 0 Å². The Morgan fingerprint density at radius 3 is 2.84 bits per heavy atom. The average molecular weight is 421 g/mol. The van der Waals surface area contributed by atoms with Crippen molar-refractivity contribution in [3.05, 3.63) is 60.4 Å². The van der Waals surface area contributed by atoms with Crippen LogP contribution in [-0.2, 0) is 17.8 Å². The Balaban J connectivity index is 1.33. The van der Waals surface area contributed by atoms with Crippen molar-refractivity contribution in [2.45, 2.75) is 26.4 Å². The van der Waals surface area contributed by atoms with Crippen molar-refractivity contribution in [1.29, 1.82) is 0 Å². The van der Waals surface area contributed by atoms with Crippen LogP contribution in [-0.4, -0.2) is 54.9 Å². The number of benzene rings is 1. The number of aliphatic imine (C=N–C) groups is 1. The number of pyridine rings is 1. The van der Waals surface area contributed by atoms with E-state index in [1.807, 2.05) is 12.3 Å². The number of para-hydroxylation sites is 1. The fourth-order valence-corrected chi connectivity index (χ4v) is 3.91. The van der Waals surface area contributed by atoms with Gasteiger partial charge in [0, 0.05) is 56.2 Å². The monoisotopic (exact) mass is 420 g/mol. The number of nitrogens with zero attached hydrogens (tertiary/aromatic N) is 4. The van der Waals surface area contributed by atoms with Crippen LogP contribution in [0.2, 0.25) is 0 Å². The summed E-state index contributed by atoms with van der Waals surface area (Å²) in [5, 5.41) is 8.11. The second kappa shape index (κ2) is 10.8.